The van der Waals surface area contributed by atoms with Gasteiger partial charge in [-0.25, -0.2) is 0 Å². The third-order valence-corrected chi connectivity index (χ3v) is 5.15. The molecule has 1 heterocycles. The molecule has 1 fully saturated rings. The lowest BCUT2D eigenvalue weighted by atomic mass is 10.0. The van der Waals surface area contributed by atoms with Crippen LogP contribution in [0.5, 0.6) is 11.5 Å². The predicted octanol–water partition coefficient (Wildman–Crippen LogP) is 4.18. The third kappa shape index (κ3) is 5.75. The fourth-order valence-corrected chi connectivity index (χ4v) is 3.50. The molecule has 1 aliphatic heterocycles. The van der Waals surface area contributed by atoms with Crippen LogP contribution in [0.4, 0.5) is 11.4 Å². The molecule has 0 radical (unpaired) electrons. The van der Waals surface area contributed by atoms with E-state index < -0.39 is 0 Å². The van der Waals surface area contributed by atoms with Gasteiger partial charge >= 0.3 is 0 Å². The van der Waals surface area contributed by atoms with Gasteiger partial charge in [0.05, 0.1) is 36.2 Å². The van der Waals surface area contributed by atoms with Crippen LogP contribution in [0.15, 0.2) is 36.4 Å². The summed E-state index contributed by atoms with van der Waals surface area (Å²) in [6, 6.07) is 11.2. The second-order valence-corrected chi connectivity index (χ2v) is 6.89. The van der Waals surface area contributed by atoms with Crippen molar-refractivity contribution < 1.29 is 14.3 Å². The first kappa shape index (κ1) is 25.0. The number of nitrogens with two attached hydrogens (primary N) is 1. The van der Waals surface area contributed by atoms with E-state index in [1.807, 2.05) is 18.2 Å². The zero-order valence-electron chi connectivity index (χ0n) is 16.3. The molecule has 1 amide bonds. The Balaban J connectivity index is 0.00000210. The molecule has 29 heavy (non-hydrogen) atoms. The Kier molecular flexibility index (Phi) is 9.70. The van der Waals surface area contributed by atoms with Crippen LogP contribution in [-0.2, 0) is 0 Å². The summed E-state index contributed by atoms with van der Waals surface area (Å²) in [4.78, 5) is 15.0. The fraction of sp³-hybridized carbons (Fsp3) is 0.350. The lowest BCUT2D eigenvalue weighted by Crippen LogP contribution is -2.44. The predicted molar refractivity (Wildman–Crippen MR) is 123 cm³/mol. The number of carbonyl (C=O) groups is 1. The SMILES string of the molecule is COc1cc(N)c(Cl)cc1C(=O)NC1CCN(c2ccccc2OC)CC1.Cl.Cl. The molecule has 1 aliphatic rings. The van der Waals surface area contributed by atoms with Gasteiger partial charge in [0.2, 0.25) is 0 Å². The number of rotatable bonds is 5. The topological polar surface area (TPSA) is 76.8 Å². The molecule has 2 aromatic carbocycles. The molecule has 3 rings (SSSR count). The quantitative estimate of drug-likeness (QED) is 0.652. The van der Waals surface area contributed by atoms with Crippen molar-refractivity contribution in [1.29, 1.82) is 0 Å². The van der Waals surface area contributed by atoms with Gasteiger partial charge in [-0.2, -0.15) is 0 Å². The van der Waals surface area contributed by atoms with E-state index in [1.165, 1.54) is 7.11 Å². The van der Waals surface area contributed by atoms with Crippen molar-refractivity contribution in [2.75, 3.05) is 37.9 Å². The first-order valence-corrected chi connectivity index (χ1v) is 9.23. The molecule has 0 unspecified atom stereocenters. The van der Waals surface area contributed by atoms with Crippen molar-refractivity contribution in [1.82, 2.24) is 5.32 Å². The molecule has 0 aliphatic carbocycles. The summed E-state index contributed by atoms with van der Waals surface area (Å²) in [7, 11) is 3.18. The van der Waals surface area contributed by atoms with Crippen LogP contribution in [0.1, 0.15) is 23.2 Å². The van der Waals surface area contributed by atoms with Crippen molar-refractivity contribution in [2.45, 2.75) is 18.9 Å². The average molecular weight is 463 g/mol. The molecule has 0 spiro atoms. The lowest BCUT2D eigenvalue weighted by molar-refractivity contribution is 0.0928. The lowest BCUT2D eigenvalue weighted by Gasteiger charge is -2.34. The second-order valence-electron chi connectivity index (χ2n) is 6.48. The number of hydrogen-bond donors (Lipinski definition) is 2. The van der Waals surface area contributed by atoms with Crippen LogP contribution < -0.4 is 25.4 Å². The minimum absolute atomic E-state index is 0. The molecule has 0 aromatic heterocycles. The highest BCUT2D eigenvalue weighted by Crippen LogP contribution is 2.31. The number of ether oxygens (including phenoxy) is 2. The van der Waals surface area contributed by atoms with Gasteiger partial charge in [-0.1, -0.05) is 23.7 Å². The summed E-state index contributed by atoms with van der Waals surface area (Å²) < 4.78 is 10.7. The van der Waals surface area contributed by atoms with E-state index in [-0.39, 0.29) is 36.8 Å². The molecule has 3 N–H and O–H groups in total. The molecule has 0 bridgehead atoms. The Hall–Kier alpha value is -2.02. The van der Waals surface area contributed by atoms with E-state index >= 15 is 0 Å². The van der Waals surface area contributed by atoms with Gasteiger partial charge in [-0.3, -0.25) is 4.79 Å². The summed E-state index contributed by atoms with van der Waals surface area (Å²) in [5.74, 6) is 1.08. The molecule has 0 atom stereocenters. The highest BCUT2D eigenvalue weighted by Gasteiger charge is 2.24. The van der Waals surface area contributed by atoms with E-state index in [0.717, 1.165) is 37.4 Å². The van der Waals surface area contributed by atoms with E-state index in [2.05, 4.69) is 16.3 Å². The van der Waals surface area contributed by atoms with Crippen LogP contribution in [0, 0.1) is 0 Å². The van der Waals surface area contributed by atoms with Gasteiger partial charge in [0.15, 0.2) is 0 Å². The highest BCUT2D eigenvalue weighted by atomic mass is 35.5. The Labute approximate surface area is 188 Å². The molecular formula is C20H26Cl3N3O3. The number of benzene rings is 2. The summed E-state index contributed by atoms with van der Waals surface area (Å²) in [6.45, 7) is 1.68. The summed E-state index contributed by atoms with van der Waals surface area (Å²) in [5, 5.41) is 3.42. The van der Waals surface area contributed by atoms with E-state index in [4.69, 9.17) is 26.8 Å². The van der Waals surface area contributed by atoms with Crippen LogP contribution in [0.2, 0.25) is 5.02 Å². The zero-order chi connectivity index (χ0) is 19.4. The molecule has 1 saturated heterocycles. The van der Waals surface area contributed by atoms with Crippen LogP contribution in [-0.4, -0.2) is 39.3 Å². The standard InChI is InChI=1S/C20H24ClN3O3.2ClH/c1-26-18-6-4-3-5-17(18)24-9-7-13(8-10-24)23-20(25)14-11-15(21)16(22)12-19(14)27-2;;/h3-6,11-13H,7-10,22H2,1-2H3,(H,23,25);2*1H. The summed E-state index contributed by atoms with van der Waals surface area (Å²) >= 11 is 6.07. The number of carbonyl (C=O) groups excluding carboxylic acids is 1. The fourth-order valence-electron chi connectivity index (χ4n) is 3.33. The van der Waals surface area contributed by atoms with Gasteiger partial charge in [0, 0.05) is 25.2 Å². The molecule has 6 nitrogen and oxygen atoms in total. The number of anilines is 2. The van der Waals surface area contributed by atoms with Crippen molar-refractivity contribution in [2.24, 2.45) is 0 Å². The smallest absolute Gasteiger partial charge is 0.255 e. The number of para-hydroxylation sites is 2. The van der Waals surface area contributed by atoms with Crippen molar-refractivity contribution in [3.63, 3.8) is 0 Å². The maximum atomic E-state index is 12.7. The molecule has 9 heteroatoms. The Morgan fingerprint density at radius 3 is 2.34 bits per heavy atom. The monoisotopic (exact) mass is 461 g/mol. The second kappa shape index (κ2) is 11.2. The van der Waals surface area contributed by atoms with Crippen LogP contribution >= 0.6 is 36.4 Å². The summed E-state index contributed by atoms with van der Waals surface area (Å²) in [6.07, 6.45) is 1.68. The Bertz CT molecular complexity index is 828. The van der Waals surface area contributed by atoms with Crippen LogP contribution in [0.3, 0.4) is 0 Å². The maximum Gasteiger partial charge on any atom is 0.255 e. The van der Waals surface area contributed by atoms with Crippen molar-refractivity contribution in [3.05, 3.63) is 47.0 Å². The molecule has 0 saturated carbocycles. The Morgan fingerprint density at radius 2 is 1.72 bits per heavy atom. The molecule has 2 aromatic rings. The number of hydrogen-bond acceptors (Lipinski definition) is 5. The first-order chi connectivity index (χ1) is 13.0. The van der Waals surface area contributed by atoms with Crippen molar-refractivity contribution >= 4 is 53.7 Å². The van der Waals surface area contributed by atoms with Gasteiger partial charge in [-0.05, 0) is 31.0 Å². The number of amides is 1. The summed E-state index contributed by atoms with van der Waals surface area (Å²) in [5.41, 5.74) is 7.64. The van der Waals surface area contributed by atoms with Gasteiger partial charge in [-0.15, -0.1) is 24.8 Å². The van der Waals surface area contributed by atoms with Gasteiger partial charge < -0.3 is 25.4 Å². The average Bonchev–Trinajstić information content (AvgIpc) is 2.70. The maximum absolute atomic E-state index is 12.7. The zero-order valence-corrected chi connectivity index (χ0v) is 18.7. The minimum Gasteiger partial charge on any atom is -0.496 e. The number of nitrogens with zero attached hydrogens (tertiary/aromatic N) is 1. The number of nitrogens with one attached hydrogen (secondary N) is 1. The number of nitrogen functional groups attached to an aromatic ring is 1. The number of methoxy groups -OCH3 is 2. The van der Waals surface area contributed by atoms with Crippen LogP contribution in [0.25, 0.3) is 0 Å². The first-order valence-electron chi connectivity index (χ1n) is 8.85. The largest absolute Gasteiger partial charge is 0.496 e. The number of halogens is 3. The molecular weight excluding hydrogens is 437 g/mol. The molecule has 160 valence electrons. The Morgan fingerprint density at radius 1 is 1.10 bits per heavy atom. The van der Waals surface area contributed by atoms with Gasteiger partial charge in [0.1, 0.15) is 11.5 Å². The van der Waals surface area contributed by atoms with Gasteiger partial charge in [0.25, 0.3) is 5.91 Å². The van der Waals surface area contributed by atoms with E-state index in [1.54, 1.807) is 19.2 Å². The van der Waals surface area contributed by atoms with E-state index in [0.29, 0.717) is 22.0 Å². The minimum atomic E-state index is -0.204. The number of piperidine rings is 1. The van der Waals surface area contributed by atoms with E-state index in [9.17, 15) is 4.79 Å². The highest BCUT2D eigenvalue weighted by molar-refractivity contribution is 6.33. The normalized spacial score (nSPS) is 13.7. The van der Waals surface area contributed by atoms with Crippen molar-refractivity contribution in [3.8, 4) is 11.5 Å². The third-order valence-electron chi connectivity index (χ3n) is 4.82.